The first-order valence-electron chi connectivity index (χ1n) is 9.88. The number of carbonyl (C=O) groups excluding carboxylic acids is 1. The average molecular weight is 404 g/mol. The van der Waals surface area contributed by atoms with Crippen molar-refractivity contribution in [3.8, 4) is 0 Å². The largest absolute Gasteiger partial charge is 0.382 e. The maximum Gasteiger partial charge on any atom is 0.319 e. The van der Waals surface area contributed by atoms with Crippen LogP contribution in [0.15, 0.2) is 54.6 Å². The molecule has 0 aliphatic rings. The molecule has 4 aromatic rings. The molecular formula is C22H24N6O2. The number of fused-ring (bicyclic) bond motifs is 3. The number of pyridine rings is 1. The fourth-order valence-electron chi connectivity index (χ4n) is 3.43. The van der Waals surface area contributed by atoms with Gasteiger partial charge >= 0.3 is 6.03 Å². The van der Waals surface area contributed by atoms with Gasteiger partial charge in [-0.25, -0.2) is 14.8 Å². The zero-order valence-electron chi connectivity index (χ0n) is 16.8. The highest BCUT2D eigenvalue weighted by Crippen LogP contribution is 2.28. The van der Waals surface area contributed by atoms with E-state index in [9.17, 15) is 4.79 Å². The summed E-state index contributed by atoms with van der Waals surface area (Å²) in [4.78, 5) is 21.4. The van der Waals surface area contributed by atoms with Gasteiger partial charge in [0.15, 0.2) is 5.82 Å². The number of benzene rings is 2. The maximum absolute atomic E-state index is 12.2. The monoisotopic (exact) mass is 404 g/mol. The van der Waals surface area contributed by atoms with Crippen LogP contribution >= 0.6 is 0 Å². The molecule has 0 fully saturated rings. The topological polar surface area (TPSA) is 107 Å². The second-order valence-electron chi connectivity index (χ2n) is 6.78. The minimum Gasteiger partial charge on any atom is -0.382 e. The molecule has 2 aromatic heterocycles. The summed E-state index contributed by atoms with van der Waals surface area (Å²) in [5, 5.41) is 6.67. The zero-order valence-corrected chi connectivity index (χ0v) is 16.8. The first kappa shape index (κ1) is 19.7. The number of nitrogen functional groups attached to an aromatic ring is 1. The van der Waals surface area contributed by atoms with Crippen molar-refractivity contribution >= 4 is 39.5 Å². The standard InChI is InChI=1S/C22H24N6O2/c1-2-30-14-18-27-19-20(16-10-6-7-11-17(16)26-21(19)23)28(18)13-12-24-22(29)25-15-8-4-3-5-9-15/h3-11H,2,12-14H2,1H3,(H2,23,26)(H2,24,25,29). The third-order valence-electron chi connectivity index (χ3n) is 4.78. The van der Waals surface area contributed by atoms with Gasteiger partial charge in [-0.3, -0.25) is 0 Å². The molecule has 0 radical (unpaired) electrons. The van der Waals surface area contributed by atoms with E-state index in [0.29, 0.717) is 37.6 Å². The molecule has 4 rings (SSSR count). The van der Waals surface area contributed by atoms with E-state index in [-0.39, 0.29) is 6.03 Å². The number of ether oxygens (including phenoxy) is 1. The van der Waals surface area contributed by atoms with Crippen molar-refractivity contribution in [3.05, 3.63) is 60.4 Å². The highest BCUT2D eigenvalue weighted by atomic mass is 16.5. The van der Waals surface area contributed by atoms with Crippen LogP contribution in [0.1, 0.15) is 12.7 Å². The van der Waals surface area contributed by atoms with Crippen LogP contribution in [-0.2, 0) is 17.9 Å². The first-order valence-corrected chi connectivity index (χ1v) is 9.88. The summed E-state index contributed by atoms with van der Waals surface area (Å²) in [5.41, 5.74) is 9.29. The van der Waals surface area contributed by atoms with Gasteiger partial charge in [0, 0.05) is 30.8 Å². The number of amides is 2. The Morgan fingerprint density at radius 2 is 1.87 bits per heavy atom. The van der Waals surface area contributed by atoms with E-state index in [2.05, 4.69) is 20.6 Å². The van der Waals surface area contributed by atoms with Crippen molar-refractivity contribution in [1.29, 1.82) is 0 Å². The van der Waals surface area contributed by atoms with Crippen LogP contribution in [0.5, 0.6) is 0 Å². The molecule has 154 valence electrons. The minimum atomic E-state index is -0.261. The average Bonchev–Trinajstić information content (AvgIpc) is 3.12. The molecule has 2 amide bonds. The molecule has 0 saturated heterocycles. The van der Waals surface area contributed by atoms with Crippen molar-refractivity contribution in [3.63, 3.8) is 0 Å². The fraction of sp³-hybridized carbons (Fsp3) is 0.227. The highest BCUT2D eigenvalue weighted by Gasteiger charge is 2.17. The molecule has 0 atom stereocenters. The summed E-state index contributed by atoms with van der Waals surface area (Å²) in [6, 6.07) is 16.9. The van der Waals surface area contributed by atoms with Crippen LogP contribution in [0.3, 0.4) is 0 Å². The number of hydrogen-bond acceptors (Lipinski definition) is 5. The Bertz CT molecular complexity index is 1170. The number of nitrogens with two attached hydrogens (primary N) is 1. The lowest BCUT2D eigenvalue weighted by Crippen LogP contribution is -2.31. The van der Waals surface area contributed by atoms with E-state index >= 15 is 0 Å². The quantitative estimate of drug-likeness (QED) is 0.437. The lowest BCUT2D eigenvalue weighted by atomic mass is 10.2. The van der Waals surface area contributed by atoms with Gasteiger partial charge in [0.05, 0.1) is 11.0 Å². The number of rotatable bonds is 7. The molecule has 0 spiro atoms. The number of nitrogens with one attached hydrogen (secondary N) is 2. The van der Waals surface area contributed by atoms with Crippen LogP contribution in [0.2, 0.25) is 0 Å². The van der Waals surface area contributed by atoms with Crippen molar-refractivity contribution in [2.45, 2.75) is 20.1 Å². The van der Waals surface area contributed by atoms with Crippen LogP contribution in [0.25, 0.3) is 21.9 Å². The Kier molecular flexibility index (Phi) is 5.76. The number of urea groups is 1. The number of anilines is 2. The van der Waals surface area contributed by atoms with Crippen molar-refractivity contribution in [2.24, 2.45) is 0 Å². The summed E-state index contributed by atoms with van der Waals surface area (Å²) >= 11 is 0. The Hall–Kier alpha value is -3.65. The number of para-hydroxylation sites is 2. The molecule has 0 saturated carbocycles. The predicted octanol–water partition coefficient (Wildman–Crippen LogP) is 3.52. The summed E-state index contributed by atoms with van der Waals surface area (Å²) in [6.45, 7) is 3.81. The van der Waals surface area contributed by atoms with E-state index in [1.165, 1.54) is 0 Å². The molecule has 0 aliphatic heterocycles. The number of imidazole rings is 1. The fourth-order valence-corrected chi connectivity index (χ4v) is 3.43. The summed E-state index contributed by atoms with van der Waals surface area (Å²) in [7, 11) is 0. The van der Waals surface area contributed by atoms with Crippen LogP contribution in [-0.4, -0.2) is 33.7 Å². The molecule has 0 unspecified atom stereocenters. The second kappa shape index (κ2) is 8.79. The molecule has 8 nitrogen and oxygen atoms in total. The van der Waals surface area contributed by atoms with Gasteiger partial charge in [-0.2, -0.15) is 0 Å². The molecule has 2 aromatic carbocycles. The molecule has 8 heteroatoms. The summed E-state index contributed by atoms with van der Waals surface area (Å²) in [5.74, 6) is 1.14. The van der Waals surface area contributed by atoms with E-state index in [4.69, 9.17) is 10.5 Å². The van der Waals surface area contributed by atoms with E-state index in [1.54, 1.807) is 0 Å². The van der Waals surface area contributed by atoms with Gasteiger partial charge in [0.1, 0.15) is 17.9 Å². The Balaban J connectivity index is 1.60. The van der Waals surface area contributed by atoms with Gasteiger partial charge in [-0.15, -0.1) is 0 Å². The van der Waals surface area contributed by atoms with Crippen molar-refractivity contribution in [2.75, 3.05) is 24.2 Å². The molecule has 0 bridgehead atoms. The zero-order chi connectivity index (χ0) is 20.9. The van der Waals surface area contributed by atoms with Gasteiger partial charge < -0.3 is 25.7 Å². The lowest BCUT2D eigenvalue weighted by molar-refractivity contribution is 0.126. The van der Waals surface area contributed by atoms with E-state index in [1.807, 2.05) is 66.1 Å². The number of nitrogens with zero attached hydrogens (tertiary/aromatic N) is 3. The highest BCUT2D eigenvalue weighted by molar-refractivity contribution is 6.06. The van der Waals surface area contributed by atoms with Crippen LogP contribution < -0.4 is 16.4 Å². The maximum atomic E-state index is 12.2. The van der Waals surface area contributed by atoms with Gasteiger partial charge in [-0.05, 0) is 25.1 Å². The Labute approximate surface area is 174 Å². The third-order valence-corrected chi connectivity index (χ3v) is 4.78. The molecule has 2 heterocycles. The third kappa shape index (κ3) is 4.04. The van der Waals surface area contributed by atoms with Crippen LogP contribution in [0, 0.1) is 0 Å². The smallest absolute Gasteiger partial charge is 0.319 e. The minimum absolute atomic E-state index is 0.261. The second-order valence-corrected chi connectivity index (χ2v) is 6.78. The molecule has 4 N–H and O–H groups in total. The van der Waals surface area contributed by atoms with Crippen LogP contribution in [0.4, 0.5) is 16.3 Å². The van der Waals surface area contributed by atoms with E-state index < -0.39 is 0 Å². The lowest BCUT2D eigenvalue weighted by Gasteiger charge is -2.12. The molecule has 0 aliphatic carbocycles. The number of hydrogen-bond donors (Lipinski definition) is 3. The summed E-state index contributed by atoms with van der Waals surface area (Å²) in [6.07, 6.45) is 0. The molecular weight excluding hydrogens is 380 g/mol. The first-order chi connectivity index (χ1) is 14.7. The SMILES string of the molecule is CCOCc1nc2c(N)nc3ccccc3c2n1CCNC(=O)Nc1ccccc1. The molecule has 30 heavy (non-hydrogen) atoms. The number of carbonyl (C=O) groups is 1. The van der Waals surface area contributed by atoms with Crippen molar-refractivity contribution < 1.29 is 9.53 Å². The van der Waals surface area contributed by atoms with Crippen molar-refractivity contribution in [1.82, 2.24) is 19.9 Å². The predicted molar refractivity (Wildman–Crippen MR) is 118 cm³/mol. The Morgan fingerprint density at radius 1 is 1.10 bits per heavy atom. The normalized spacial score (nSPS) is 11.1. The summed E-state index contributed by atoms with van der Waals surface area (Å²) < 4.78 is 7.65. The van der Waals surface area contributed by atoms with E-state index in [0.717, 1.165) is 27.9 Å². The number of aromatic nitrogens is 3. The van der Waals surface area contributed by atoms with Gasteiger partial charge in [0.2, 0.25) is 0 Å². The Morgan fingerprint density at radius 3 is 2.67 bits per heavy atom. The van der Waals surface area contributed by atoms with Gasteiger partial charge in [-0.1, -0.05) is 36.4 Å². The van der Waals surface area contributed by atoms with Gasteiger partial charge in [0.25, 0.3) is 0 Å².